The van der Waals surface area contributed by atoms with Gasteiger partial charge in [-0.05, 0) is 116 Å². The number of quaternary nitrogens is 1. The third-order valence-electron chi connectivity index (χ3n) is 13.5. The number of unbranched alkanes of at least 4 members (excludes halogenated alkanes) is 20. The van der Waals surface area contributed by atoms with Gasteiger partial charge in [0.1, 0.15) is 13.2 Å². The van der Waals surface area contributed by atoms with Gasteiger partial charge in [-0.15, -0.1) is 0 Å². The highest BCUT2D eigenvalue weighted by Crippen LogP contribution is 2.38. The summed E-state index contributed by atoms with van der Waals surface area (Å²) in [6, 6.07) is -0.927. The van der Waals surface area contributed by atoms with Gasteiger partial charge in [0.05, 0.1) is 39.9 Å². The minimum absolute atomic E-state index is 0.0187. The molecular weight excluding hydrogens is 1020 g/mol. The van der Waals surface area contributed by atoms with Gasteiger partial charge in [0.2, 0.25) is 5.91 Å². The summed E-state index contributed by atoms with van der Waals surface area (Å²) in [4.78, 5) is 25.6. The Kier molecular flexibility index (Phi) is 57.8. The second kappa shape index (κ2) is 60.7. The number of allylic oxidation sites excluding steroid dienone is 25. The normalized spacial score (nSPS) is 14.8. The van der Waals surface area contributed by atoms with Crippen molar-refractivity contribution in [3.63, 3.8) is 0 Å². The third-order valence-corrected chi connectivity index (χ3v) is 14.4. The zero-order valence-electron chi connectivity index (χ0n) is 52.4. The van der Waals surface area contributed by atoms with Crippen LogP contribution in [-0.4, -0.2) is 68.5 Å². The lowest BCUT2D eigenvalue weighted by molar-refractivity contribution is -0.870. The van der Waals surface area contributed by atoms with Gasteiger partial charge < -0.3 is 28.8 Å². The molecule has 0 fully saturated rings. The molecule has 0 aromatic carbocycles. The molecule has 0 aliphatic rings. The summed E-state index contributed by atoms with van der Waals surface area (Å²) in [6.45, 7) is 4.49. The number of hydrogen-bond acceptors (Lipinski definition) is 6. The van der Waals surface area contributed by atoms with E-state index in [1.54, 1.807) is 6.08 Å². The molecule has 0 spiro atoms. The fourth-order valence-corrected chi connectivity index (χ4v) is 9.19. The fraction of sp³-hybridized carbons (Fsp3) is 0.625. The molecule has 8 nitrogen and oxygen atoms in total. The van der Waals surface area contributed by atoms with Gasteiger partial charge in [0.25, 0.3) is 7.82 Å². The standard InChI is InChI=1S/C72H121N2O6P/c1-6-8-10-12-14-16-18-20-22-24-26-28-29-30-31-32-33-34-35-36-37-38-39-40-41-42-43-44-45-46-48-50-52-54-56-58-60-62-64-66-72(76)73-70(69-80-81(77,78)79-68-67-74(3,4)5)71(75)65-63-61-59-57-55-53-51-49-47-27-25-23-21-19-17-15-13-11-9-7-2/h8,10,14,16,20,22,26,28,30-31,33-34,36-37,39-40,42-43,45-46,50,52,55,57,63,65,70-71,75H,6-7,9,11-13,15,17-19,21,23-25,27,29,32,35,38,41,44,47-49,51,53-54,56,58-62,64,66-69H2,1-5H3,(H-,73,76,77,78)/b10-8-,16-14-,22-20-,28-26-,31-30-,34-33-,37-36-,40-39-,43-42-,46-45-,52-50-,57-55+,65-63+. The van der Waals surface area contributed by atoms with Crippen LogP contribution in [0.25, 0.3) is 0 Å². The SMILES string of the molecule is CC/C=C\C/C=C\C/C=C\C/C=C\C/C=C\C/C=C\C/C=C\C/C=C\C/C=C\C/C=C\C/C=C\CCCCCCCC(=O)NC(COP(=O)([O-])OCC[N+](C)(C)C)C(O)/C=C/CC/C=C/CCCCCCCCCCCCCCCC. The molecule has 0 radical (unpaired) electrons. The van der Waals surface area contributed by atoms with Crippen LogP contribution in [0.2, 0.25) is 0 Å². The Labute approximate surface area is 499 Å². The average Bonchev–Trinajstić information content (AvgIpc) is 3.43. The largest absolute Gasteiger partial charge is 0.756 e. The van der Waals surface area contributed by atoms with Crippen LogP contribution in [0.15, 0.2) is 158 Å². The van der Waals surface area contributed by atoms with Crippen molar-refractivity contribution >= 4 is 13.7 Å². The number of likely N-dealkylation sites (N-methyl/N-ethyl adjacent to an activating group) is 1. The summed E-state index contributed by atoms with van der Waals surface area (Å²) in [6.07, 6.45) is 94.8. The van der Waals surface area contributed by atoms with Crippen molar-refractivity contribution in [3.05, 3.63) is 158 Å². The summed E-state index contributed by atoms with van der Waals surface area (Å²) in [5.74, 6) is -0.232. The molecule has 3 unspecified atom stereocenters. The maximum atomic E-state index is 13.0. The number of aliphatic hydroxyl groups is 1. The first-order valence-corrected chi connectivity index (χ1v) is 33.8. The molecule has 0 aromatic rings. The summed E-state index contributed by atoms with van der Waals surface area (Å²) in [7, 11) is 1.21. The van der Waals surface area contributed by atoms with Crippen LogP contribution in [0.3, 0.4) is 0 Å². The highest BCUT2D eigenvalue weighted by Gasteiger charge is 2.23. The van der Waals surface area contributed by atoms with Crippen LogP contribution < -0.4 is 10.2 Å². The molecule has 9 heteroatoms. The number of carbonyl (C=O) groups is 1. The van der Waals surface area contributed by atoms with Crippen LogP contribution >= 0.6 is 7.82 Å². The Morgan fingerprint density at radius 2 is 0.765 bits per heavy atom. The number of phosphoric acid groups is 1. The van der Waals surface area contributed by atoms with Gasteiger partial charge in [0.15, 0.2) is 0 Å². The zero-order valence-corrected chi connectivity index (χ0v) is 53.3. The van der Waals surface area contributed by atoms with E-state index >= 15 is 0 Å². The predicted octanol–water partition coefficient (Wildman–Crippen LogP) is 20.0. The van der Waals surface area contributed by atoms with E-state index in [4.69, 9.17) is 9.05 Å². The van der Waals surface area contributed by atoms with E-state index in [1.807, 2.05) is 27.2 Å². The van der Waals surface area contributed by atoms with Gasteiger partial charge in [-0.25, -0.2) is 0 Å². The zero-order chi connectivity index (χ0) is 59.1. The first-order chi connectivity index (χ1) is 39.5. The van der Waals surface area contributed by atoms with Crippen LogP contribution in [0.4, 0.5) is 0 Å². The van der Waals surface area contributed by atoms with Gasteiger partial charge in [-0.2, -0.15) is 0 Å². The summed E-state index contributed by atoms with van der Waals surface area (Å²) < 4.78 is 23.4. The maximum Gasteiger partial charge on any atom is 0.268 e. The van der Waals surface area contributed by atoms with Crippen molar-refractivity contribution < 1.29 is 32.9 Å². The molecule has 0 bridgehead atoms. The molecule has 1 amide bonds. The summed E-state index contributed by atoms with van der Waals surface area (Å²) in [5.41, 5.74) is 0. The Hall–Kier alpha value is -3.88. The van der Waals surface area contributed by atoms with Crippen LogP contribution in [-0.2, 0) is 18.4 Å². The number of nitrogens with zero attached hydrogens (tertiary/aromatic N) is 1. The van der Waals surface area contributed by atoms with E-state index in [9.17, 15) is 19.4 Å². The molecule has 460 valence electrons. The number of aliphatic hydroxyl groups excluding tert-OH is 1. The number of phosphoric ester groups is 1. The average molecular weight is 1140 g/mol. The van der Waals surface area contributed by atoms with E-state index in [0.717, 1.165) is 128 Å². The van der Waals surface area contributed by atoms with Crippen molar-refractivity contribution in [2.45, 2.75) is 251 Å². The molecule has 0 saturated carbocycles. The lowest BCUT2D eigenvalue weighted by Crippen LogP contribution is -2.45. The third kappa shape index (κ3) is 63.5. The highest BCUT2D eigenvalue weighted by molar-refractivity contribution is 7.45. The topological polar surface area (TPSA) is 108 Å². The second-order valence-corrected chi connectivity index (χ2v) is 23.8. The molecule has 81 heavy (non-hydrogen) atoms. The monoisotopic (exact) mass is 1140 g/mol. The van der Waals surface area contributed by atoms with Crippen LogP contribution in [0, 0.1) is 0 Å². The Morgan fingerprint density at radius 1 is 0.444 bits per heavy atom. The molecule has 0 aliphatic carbocycles. The number of carbonyl (C=O) groups excluding carboxylic acids is 1. The molecule has 0 aromatic heterocycles. The van der Waals surface area contributed by atoms with Crippen molar-refractivity contribution in [2.24, 2.45) is 0 Å². The lowest BCUT2D eigenvalue weighted by Gasteiger charge is -2.29. The fourth-order valence-electron chi connectivity index (χ4n) is 8.47. The lowest BCUT2D eigenvalue weighted by atomic mass is 10.0. The number of amides is 1. The quantitative estimate of drug-likeness (QED) is 0.0272. The molecule has 3 atom stereocenters. The van der Waals surface area contributed by atoms with Crippen molar-refractivity contribution in [1.29, 1.82) is 0 Å². The second-order valence-electron chi connectivity index (χ2n) is 22.4. The van der Waals surface area contributed by atoms with Crippen molar-refractivity contribution in [2.75, 3.05) is 40.9 Å². The molecular formula is C72H121N2O6P. The minimum Gasteiger partial charge on any atom is -0.756 e. The van der Waals surface area contributed by atoms with Gasteiger partial charge in [-0.3, -0.25) is 9.36 Å². The van der Waals surface area contributed by atoms with Crippen molar-refractivity contribution in [3.8, 4) is 0 Å². The number of rotatable bonds is 57. The van der Waals surface area contributed by atoms with E-state index < -0.39 is 26.6 Å². The molecule has 0 rings (SSSR count). The molecule has 0 saturated heterocycles. The van der Waals surface area contributed by atoms with Crippen LogP contribution in [0.1, 0.15) is 239 Å². The Balaban J connectivity index is 4.25. The van der Waals surface area contributed by atoms with E-state index in [-0.39, 0.29) is 12.5 Å². The summed E-state index contributed by atoms with van der Waals surface area (Å²) in [5, 5.41) is 13.9. The minimum atomic E-state index is -4.63. The van der Waals surface area contributed by atoms with Gasteiger partial charge >= 0.3 is 0 Å². The van der Waals surface area contributed by atoms with Gasteiger partial charge in [-0.1, -0.05) is 275 Å². The predicted molar refractivity (Wildman–Crippen MR) is 352 cm³/mol. The van der Waals surface area contributed by atoms with E-state index in [1.165, 1.54) is 89.9 Å². The number of hydrogen-bond donors (Lipinski definition) is 2. The van der Waals surface area contributed by atoms with Crippen LogP contribution in [0.5, 0.6) is 0 Å². The first-order valence-electron chi connectivity index (χ1n) is 32.3. The molecule has 0 heterocycles. The summed E-state index contributed by atoms with van der Waals surface area (Å²) >= 11 is 0. The van der Waals surface area contributed by atoms with Crippen molar-refractivity contribution in [1.82, 2.24) is 5.32 Å². The Morgan fingerprint density at radius 3 is 1.15 bits per heavy atom. The molecule has 0 aliphatic heterocycles. The van der Waals surface area contributed by atoms with Gasteiger partial charge in [0, 0.05) is 6.42 Å². The smallest absolute Gasteiger partial charge is 0.268 e. The number of nitrogens with one attached hydrogen (secondary N) is 1. The maximum absolute atomic E-state index is 13.0. The Bertz CT molecular complexity index is 1870. The first kappa shape index (κ1) is 77.1. The highest BCUT2D eigenvalue weighted by atomic mass is 31.2. The molecule has 2 N–H and O–H groups in total. The van der Waals surface area contributed by atoms with E-state index in [2.05, 4.69) is 165 Å². The van der Waals surface area contributed by atoms with E-state index in [0.29, 0.717) is 17.4 Å².